The summed E-state index contributed by atoms with van der Waals surface area (Å²) >= 11 is 0. The maximum absolute atomic E-state index is 13.7. The van der Waals surface area contributed by atoms with E-state index in [0.717, 1.165) is 52.9 Å². The zero-order valence-electron chi connectivity index (χ0n) is 21.9. The fourth-order valence-electron chi connectivity index (χ4n) is 5.98. The molecule has 194 valence electrons. The van der Waals surface area contributed by atoms with E-state index in [-0.39, 0.29) is 24.3 Å². The summed E-state index contributed by atoms with van der Waals surface area (Å²) in [5, 5.41) is 4.16. The van der Waals surface area contributed by atoms with Crippen molar-refractivity contribution in [2.75, 3.05) is 32.7 Å². The van der Waals surface area contributed by atoms with Gasteiger partial charge in [-0.05, 0) is 56.1 Å². The summed E-state index contributed by atoms with van der Waals surface area (Å²) < 4.78 is 0. The number of amides is 2. The number of fused-ring (bicyclic) bond motifs is 2. The van der Waals surface area contributed by atoms with Crippen molar-refractivity contribution in [1.82, 2.24) is 20.1 Å². The van der Waals surface area contributed by atoms with Gasteiger partial charge in [-0.1, -0.05) is 66.2 Å². The fraction of sp³-hybridized carbons (Fsp3) is 0.312. The van der Waals surface area contributed by atoms with Crippen molar-refractivity contribution in [2.24, 2.45) is 0 Å². The molecule has 6 nitrogen and oxygen atoms in total. The number of aromatic nitrogens is 1. The van der Waals surface area contributed by atoms with Gasteiger partial charge in [0.25, 0.3) is 5.91 Å². The first-order valence-electron chi connectivity index (χ1n) is 13.7. The standard InChI is InChI=1S/C32H34N4O2/c1-22-12-14-23(15-13-22)30-29(26-10-4-5-11-27(26)34-30)31-24-8-2-3-9-25(24)32(38)36(31)20-16-28(37)33-17-21-35-18-6-7-19-35/h2-5,8-15,31,34H,6-7,16-21H2,1H3,(H,33,37)/t31-/m1/s1. The molecule has 0 saturated carbocycles. The Kier molecular flexibility index (Phi) is 6.73. The van der Waals surface area contributed by atoms with Crippen molar-refractivity contribution >= 4 is 22.7 Å². The van der Waals surface area contributed by atoms with E-state index in [1.54, 1.807) is 0 Å². The van der Waals surface area contributed by atoms with E-state index in [1.165, 1.54) is 18.4 Å². The highest BCUT2D eigenvalue weighted by Crippen LogP contribution is 2.45. The molecule has 4 aromatic rings. The van der Waals surface area contributed by atoms with Gasteiger partial charge in [0.2, 0.25) is 5.91 Å². The van der Waals surface area contributed by atoms with Crippen molar-refractivity contribution < 1.29 is 9.59 Å². The summed E-state index contributed by atoms with van der Waals surface area (Å²) in [5.41, 5.74) is 7.12. The third kappa shape index (κ3) is 4.61. The van der Waals surface area contributed by atoms with Crippen LogP contribution in [-0.4, -0.2) is 59.3 Å². The number of likely N-dealkylation sites (tertiary alicyclic amines) is 1. The van der Waals surface area contributed by atoms with Crippen LogP contribution >= 0.6 is 0 Å². The van der Waals surface area contributed by atoms with Gasteiger partial charge in [0.05, 0.1) is 11.7 Å². The maximum atomic E-state index is 13.7. The predicted molar refractivity (Wildman–Crippen MR) is 151 cm³/mol. The highest BCUT2D eigenvalue weighted by Gasteiger charge is 2.40. The van der Waals surface area contributed by atoms with Crippen molar-refractivity contribution in [3.63, 3.8) is 0 Å². The van der Waals surface area contributed by atoms with Gasteiger partial charge in [0.15, 0.2) is 0 Å². The van der Waals surface area contributed by atoms with E-state index in [4.69, 9.17) is 0 Å². The molecule has 3 heterocycles. The van der Waals surface area contributed by atoms with Gasteiger partial charge in [0.1, 0.15) is 0 Å². The Morgan fingerprint density at radius 1 is 0.947 bits per heavy atom. The molecule has 6 rings (SSSR count). The number of carbonyl (C=O) groups is 2. The van der Waals surface area contributed by atoms with Crippen LogP contribution in [0.2, 0.25) is 0 Å². The van der Waals surface area contributed by atoms with Gasteiger partial charge in [-0.25, -0.2) is 0 Å². The fourth-order valence-corrected chi connectivity index (χ4v) is 5.98. The largest absolute Gasteiger partial charge is 0.355 e. The molecule has 2 aliphatic heterocycles. The second kappa shape index (κ2) is 10.5. The number of para-hydroxylation sites is 1. The van der Waals surface area contributed by atoms with Crippen LogP contribution in [0.4, 0.5) is 0 Å². The smallest absolute Gasteiger partial charge is 0.255 e. The summed E-state index contributed by atoms with van der Waals surface area (Å²) in [6, 6.07) is 24.3. The quantitative estimate of drug-likeness (QED) is 0.341. The van der Waals surface area contributed by atoms with Crippen molar-refractivity contribution in [2.45, 2.75) is 32.2 Å². The summed E-state index contributed by atoms with van der Waals surface area (Å²) in [4.78, 5) is 34.4. The zero-order chi connectivity index (χ0) is 26.1. The van der Waals surface area contributed by atoms with Crippen LogP contribution in [0.15, 0.2) is 72.8 Å². The Morgan fingerprint density at radius 2 is 1.68 bits per heavy atom. The average Bonchev–Trinajstić information content (AvgIpc) is 3.65. The van der Waals surface area contributed by atoms with Crippen LogP contribution in [0.1, 0.15) is 52.4 Å². The van der Waals surface area contributed by atoms with Gasteiger partial charge >= 0.3 is 0 Å². The van der Waals surface area contributed by atoms with Gasteiger partial charge < -0.3 is 20.1 Å². The minimum Gasteiger partial charge on any atom is -0.355 e. The molecular weight excluding hydrogens is 472 g/mol. The number of nitrogens with one attached hydrogen (secondary N) is 2. The number of hydrogen-bond acceptors (Lipinski definition) is 3. The third-order valence-corrected chi connectivity index (χ3v) is 7.95. The number of aromatic amines is 1. The molecule has 1 fully saturated rings. The van der Waals surface area contributed by atoms with Gasteiger partial charge in [-0.15, -0.1) is 0 Å². The second-order valence-corrected chi connectivity index (χ2v) is 10.5. The Labute approximate surface area is 223 Å². The molecule has 2 aliphatic rings. The molecule has 2 amide bonds. The Balaban J connectivity index is 1.32. The maximum Gasteiger partial charge on any atom is 0.255 e. The summed E-state index contributed by atoms with van der Waals surface area (Å²) in [5.74, 6) is -0.0278. The van der Waals surface area contributed by atoms with Crippen molar-refractivity contribution in [1.29, 1.82) is 0 Å². The van der Waals surface area contributed by atoms with E-state index in [0.29, 0.717) is 18.7 Å². The molecule has 38 heavy (non-hydrogen) atoms. The van der Waals surface area contributed by atoms with Gasteiger partial charge in [-0.3, -0.25) is 9.59 Å². The summed E-state index contributed by atoms with van der Waals surface area (Å²) in [6.45, 7) is 6.21. The van der Waals surface area contributed by atoms with Gasteiger partial charge in [-0.2, -0.15) is 0 Å². The van der Waals surface area contributed by atoms with E-state index in [2.05, 4.69) is 64.6 Å². The Morgan fingerprint density at radius 3 is 2.50 bits per heavy atom. The second-order valence-electron chi connectivity index (χ2n) is 10.5. The van der Waals surface area contributed by atoms with Crippen molar-refractivity contribution in [3.05, 3.63) is 95.1 Å². The van der Waals surface area contributed by atoms with Crippen LogP contribution in [0.5, 0.6) is 0 Å². The highest BCUT2D eigenvalue weighted by atomic mass is 16.2. The minimum absolute atomic E-state index is 0.00983. The average molecular weight is 507 g/mol. The number of H-pyrrole nitrogens is 1. The third-order valence-electron chi connectivity index (χ3n) is 7.95. The molecule has 0 radical (unpaired) electrons. The van der Waals surface area contributed by atoms with Crippen LogP contribution in [0.3, 0.4) is 0 Å². The lowest BCUT2D eigenvalue weighted by Gasteiger charge is -2.26. The lowest BCUT2D eigenvalue weighted by atomic mass is 9.93. The molecule has 0 aliphatic carbocycles. The SMILES string of the molecule is Cc1ccc(-c2[nH]c3ccccc3c2[C@H]2c3ccccc3C(=O)N2CCC(=O)NCCN2CCCC2)cc1. The molecule has 1 saturated heterocycles. The molecule has 0 bridgehead atoms. The predicted octanol–water partition coefficient (Wildman–Crippen LogP) is 5.29. The lowest BCUT2D eigenvalue weighted by Crippen LogP contribution is -2.36. The van der Waals surface area contributed by atoms with Crippen LogP contribution in [0.25, 0.3) is 22.2 Å². The molecule has 0 unspecified atom stereocenters. The minimum atomic E-state index is -0.274. The molecule has 2 N–H and O–H groups in total. The Hall–Kier alpha value is -3.90. The van der Waals surface area contributed by atoms with E-state index < -0.39 is 0 Å². The number of rotatable bonds is 8. The summed E-state index contributed by atoms with van der Waals surface area (Å²) in [7, 11) is 0. The number of aryl methyl sites for hydroxylation is 1. The zero-order valence-corrected chi connectivity index (χ0v) is 21.9. The van der Waals surface area contributed by atoms with Crippen LogP contribution in [-0.2, 0) is 4.79 Å². The Bertz CT molecular complexity index is 1470. The normalized spacial score (nSPS) is 17.3. The number of carbonyl (C=O) groups excluding carboxylic acids is 2. The van der Waals surface area contributed by atoms with Crippen LogP contribution in [0, 0.1) is 6.92 Å². The van der Waals surface area contributed by atoms with Gasteiger partial charge in [0, 0.05) is 48.1 Å². The topological polar surface area (TPSA) is 68.4 Å². The molecule has 1 aromatic heterocycles. The van der Waals surface area contributed by atoms with E-state index in [9.17, 15) is 9.59 Å². The number of benzene rings is 3. The highest BCUT2D eigenvalue weighted by molar-refractivity contribution is 6.02. The van der Waals surface area contributed by atoms with E-state index in [1.807, 2.05) is 35.2 Å². The monoisotopic (exact) mass is 506 g/mol. The van der Waals surface area contributed by atoms with Crippen molar-refractivity contribution in [3.8, 4) is 11.3 Å². The first-order valence-corrected chi connectivity index (χ1v) is 13.7. The first-order chi connectivity index (χ1) is 18.6. The van der Waals surface area contributed by atoms with E-state index >= 15 is 0 Å². The van der Waals surface area contributed by atoms with Crippen LogP contribution < -0.4 is 5.32 Å². The lowest BCUT2D eigenvalue weighted by molar-refractivity contribution is -0.121. The molecule has 6 heteroatoms. The number of nitrogens with zero attached hydrogens (tertiary/aromatic N) is 2. The molecule has 1 atom stereocenters. The summed E-state index contributed by atoms with van der Waals surface area (Å²) in [6.07, 6.45) is 2.76. The first kappa shape index (κ1) is 24.4. The molecular formula is C32H34N4O2. The molecule has 0 spiro atoms. The number of hydrogen-bond donors (Lipinski definition) is 2. The molecule has 3 aromatic carbocycles.